The van der Waals surface area contributed by atoms with Gasteiger partial charge in [0.1, 0.15) is 6.04 Å². The van der Waals surface area contributed by atoms with E-state index in [9.17, 15) is 9.59 Å². The van der Waals surface area contributed by atoms with E-state index in [1.54, 1.807) is 11.8 Å². The number of hydrogen-bond acceptors (Lipinski definition) is 4. The molecule has 0 spiro atoms. The Morgan fingerprint density at radius 3 is 2.68 bits per heavy atom. The minimum absolute atomic E-state index is 0.0192. The Balaban J connectivity index is 1.73. The zero-order chi connectivity index (χ0) is 13.7. The molecule has 0 saturated carbocycles. The maximum Gasteiger partial charge on any atom is 0.245 e. The lowest BCUT2D eigenvalue weighted by molar-refractivity contribution is -0.139. The van der Waals surface area contributed by atoms with Gasteiger partial charge >= 0.3 is 0 Å². The fraction of sp³-hybridized carbons (Fsp3) is 0.846. The molecule has 2 atom stereocenters. The predicted octanol–water partition coefficient (Wildman–Crippen LogP) is -0.0810. The van der Waals surface area contributed by atoms with Crippen LogP contribution in [0.4, 0.5) is 0 Å². The van der Waals surface area contributed by atoms with Gasteiger partial charge in [-0.15, -0.1) is 0 Å². The average molecular weight is 270 g/mol. The summed E-state index contributed by atoms with van der Waals surface area (Å²) in [7, 11) is 0. The first-order valence-electron chi connectivity index (χ1n) is 6.94. The SMILES string of the molecule is CC(NC(=O)CC1CCCO1)C(=O)N1CCOCC1. The van der Waals surface area contributed by atoms with Crippen LogP contribution >= 0.6 is 0 Å². The molecule has 2 aliphatic heterocycles. The molecular weight excluding hydrogens is 248 g/mol. The number of nitrogens with one attached hydrogen (secondary N) is 1. The predicted molar refractivity (Wildman–Crippen MR) is 68.6 cm³/mol. The summed E-state index contributed by atoms with van der Waals surface area (Å²) in [5.74, 6) is -0.148. The van der Waals surface area contributed by atoms with Gasteiger partial charge in [-0.2, -0.15) is 0 Å². The van der Waals surface area contributed by atoms with Crippen molar-refractivity contribution < 1.29 is 19.1 Å². The molecule has 0 aromatic carbocycles. The molecule has 2 unspecified atom stereocenters. The van der Waals surface area contributed by atoms with Crippen molar-refractivity contribution in [2.45, 2.75) is 38.3 Å². The Hall–Kier alpha value is -1.14. The van der Waals surface area contributed by atoms with E-state index >= 15 is 0 Å². The summed E-state index contributed by atoms with van der Waals surface area (Å²) in [6.45, 7) is 4.81. The molecular formula is C13H22N2O4. The fourth-order valence-corrected chi connectivity index (χ4v) is 2.43. The number of carbonyl (C=O) groups excluding carboxylic acids is 2. The first kappa shape index (κ1) is 14.3. The van der Waals surface area contributed by atoms with Crippen LogP contribution < -0.4 is 5.32 Å². The van der Waals surface area contributed by atoms with Gasteiger partial charge in [0.2, 0.25) is 11.8 Å². The van der Waals surface area contributed by atoms with Crippen molar-refractivity contribution in [1.82, 2.24) is 10.2 Å². The molecule has 2 amide bonds. The van der Waals surface area contributed by atoms with Gasteiger partial charge in [-0.3, -0.25) is 9.59 Å². The molecule has 0 aliphatic carbocycles. The van der Waals surface area contributed by atoms with Crippen LogP contribution in [0.1, 0.15) is 26.2 Å². The Morgan fingerprint density at radius 2 is 2.05 bits per heavy atom. The summed E-state index contributed by atoms with van der Waals surface area (Å²) in [5, 5.41) is 2.75. The van der Waals surface area contributed by atoms with E-state index in [4.69, 9.17) is 9.47 Å². The summed E-state index contributed by atoms with van der Waals surface area (Å²) in [5.41, 5.74) is 0. The van der Waals surface area contributed by atoms with Crippen molar-refractivity contribution in [3.05, 3.63) is 0 Å². The monoisotopic (exact) mass is 270 g/mol. The third-order valence-corrected chi connectivity index (χ3v) is 3.51. The molecule has 0 aromatic heterocycles. The summed E-state index contributed by atoms with van der Waals surface area (Å²) in [4.78, 5) is 25.6. The molecule has 6 heteroatoms. The summed E-state index contributed by atoms with van der Waals surface area (Å²) < 4.78 is 10.6. The summed E-state index contributed by atoms with van der Waals surface area (Å²) >= 11 is 0. The van der Waals surface area contributed by atoms with Crippen molar-refractivity contribution in [3.8, 4) is 0 Å². The molecule has 1 N–H and O–H groups in total. The van der Waals surface area contributed by atoms with Gasteiger partial charge in [0.05, 0.1) is 25.7 Å². The van der Waals surface area contributed by atoms with Gasteiger partial charge in [0.15, 0.2) is 0 Å². The second-order valence-corrected chi connectivity index (χ2v) is 5.07. The van der Waals surface area contributed by atoms with Gasteiger partial charge in [-0.05, 0) is 19.8 Å². The van der Waals surface area contributed by atoms with Gasteiger partial charge in [0.25, 0.3) is 0 Å². The zero-order valence-corrected chi connectivity index (χ0v) is 11.4. The van der Waals surface area contributed by atoms with Crippen LogP contribution in [0.3, 0.4) is 0 Å². The summed E-state index contributed by atoms with van der Waals surface area (Å²) in [6.07, 6.45) is 2.31. The van der Waals surface area contributed by atoms with Gasteiger partial charge in [-0.1, -0.05) is 0 Å². The standard InChI is InChI=1S/C13H22N2O4/c1-10(13(17)15-4-7-18-8-5-15)14-12(16)9-11-3-2-6-19-11/h10-11H,2-9H2,1H3,(H,14,16). The molecule has 19 heavy (non-hydrogen) atoms. The Kier molecular flexibility index (Phi) is 5.15. The topological polar surface area (TPSA) is 67.9 Å². The van der Waals surface area contributed by atoms with Crippen LogP contribution in [0.2, 0.25) is 0 Å². The van der Waals surface area contributed by atoms with Crippen molar-refractivity contribution in [3.63, 3.8) is 0 Å². The lowest BCUT2D eigenvalue weighted by Gasteiger charge is -2.29. The fourth-order valence-electron chi connectivity index (χ4n) is 2.43. The maximum absolute atomic E-state index is 12.1. The number of carbonyl (C=O) groups is 2. The minimum atomic E-state index is -0.480. The highest BCUT2D eigenvalue weighted by Crippen LogP contribution is 2.15. The Labute approximate surface area is 113 Å². The molecule has 2 fully saturated rings. The first-order chi connectivity index (χ1) is 9.16. The molecule has 2 rings (SSSR count). The van der Waals surface area contributed by atoms with Crippen molar-refractivity contribution in [2.75, 3.05) is 32.9 Å². The molecule has 2 heterocycles. The van der Waals surface area contributed by atoms with Crippen LogP contribution in [0.15, 0.2) is 0 Å². The molecule has 2 aliphatic rings. The zero-order valence-electron chi connectivity index (χ0n) is 11.4. The van der Waals surface area contributed by atoms with Crippen LogP contribution in [0, 0.1) is 0 Å². The van der Waals surface area contributed by atoms with E-state index in [1.165, 1.54) is 0 Å². The highest BCUT2D eigenvalue weighted by atomic mass is 16.5. The number of rotatable bonds is 4. The lowest BCUT2D eigenvalue weighted by atomic mass is 10.1. The quantitative estimate of drug-likeness (QED) is 0.776. The smallest absolute Gasteiger partial charge is 0.245 e. The minimum Gasteiger partial charge on any atom is -0.378 e. The molecule has 0 radical (unpaired) electrons. The molecule has 6 nitrogen and oxygen atoms in total. The number of nitrogens with zero attached hydrogens (tertiary/aromatic N) is 1. The Bertz CT molecular complexity index is 323. The second-order valence-electron chi connectivity index (χ2n) is 5.07. The van der Waals surface area contributed by atoms with E-state index in [0.29, 0.717) is 32.7 Å². The van der Waals surface area contributed by atoms with E-state index in [-0.39, 0.29) is 17.9 Å². The lowest BCUT2D eigenvalue weighted by Crippen LogP contribution is -2.50. The van der Waals surface area contributed by atoms with Crippen LogP contribution in [-0.4, -0.2) is 61.8 Å². The van der Waals surface area contributed by atoms with Gasteiger partial charge in [0, 0.05) is 19.7 Å². The third-order valence-electron chi connectivity index (χ3n) is 3.51. The van der Waals surface area contributed by atoms with Crippen molar-refractivity contribution in [1.29, 1.82) is 0 Å². The van der Waals surface area contributed by atoms with Crippen molar-refractivity contribution in [2.24, 2.45) is 0 Å². The number of morpholine rings is 1. The van der Waals surface area contributed by atoms with Crippen LogP contribution in [-0.2, 0) is 19.1 Å². The Morgan fingerprint density at radius 1 is 1.32 bits per heavy atom. The average Bonchev–Trinajstić information content (AvgIpc) is 2.91. The highest BCUT2D eigenvalue weighted by Gasteiger charge is 2.25. The number of amides is 2. The maximum atomic E-state index is 12.1. The van der Waals surface area contributed by atoms with E-state index in [2.05, 4.69) is 5.32 Å². The second kappa shape index (κ2) is 6.86. The highest BCUT2D eigenvalue weighted by molar-refractivity contribution is 5.87. The molecule has 0 aromatic rings. The largest absolute Gasteiger partial charge is 0.378 e. The molecule has 2 saturated heterocycles. The van der Waals surface area contributed by atoms with E-state index in [1.807, 2.05) is 0 Å². The van der Waals surface area contributed by atoms with E-state index in [0.717, 1.165) is 19.4 Å². The third kappa shape index (κ3) is 4.18. The van der Waals surface area contributed by atoms with Crippen LogP contribution in [0.5, 0.6) is 0 Å². The van der Waals surface area contributed by atoms with Gasteiger partial charge in [-0.25, -0.2) is 0 Å². The summed E-state index contributed by atoms with van der Waals surface area (Å²) in [6, 6.07) is -0.480. The van der Waals surface area contributed by atoms with Crippen molar-refractivity contribution >= 4 is 11.8 Å². The number of ether oxygens (including phenoxy) is 2. The molecule has 0 bridgehead atoms. The molecule has 108 valence electrons. The normalized spacial score (nSPS) is 25.1. The van der Waals surface area contributed by atoms with E-state index < -0.39 is 6.04 Å². The van der Waals surface area contributed by atoms with Crippen LogP contribution in [0.25, 0.3) is 0 Å². The first-order valence-corrected chi connectivity index (χ1v) is 6.94. The van der Waals surface area contributed by atoms with Gasteiger partial charge < -0.3 is 19.7 Å². The number of hydrogen-bond donors (Lipinski definition) is 1.